The van der Waals surface area contributed by atoms with Crippen molar-refractivity contribution in [3.63, 3.8) is 0 Å². The number of hydrogen-bond donors (Lipinski definition) is 1. The monoisotopic (exact) mass is 276 g/mol. The van der Waals surface area contributed by atoms with Crippen LogP contribution in [0.25, 0.3) is 0 Å². The average molecular weight is 276 g/mol. The van der Waals surface area contributed by atoms with E-state index in [1.54, 1.807) is 11.8 Å². The predicted octanol–water partition coefficient (Wildman–Crippen LogP) is 3.27. The Morgan fingerprint density at radius 2 is 1.95 bits per heavy atom. The van der Waals surface area contributed by atoms with Crippen LogP contribution in [0.2, 0.25) is 0 Å². The molecule has 0 spiro atoms. The molecule has 1 aromatic carbocycles. The molecule has 1 aromatic heterocycles. The zero-order valence-electron chi connectivity index (χ0n) is 11.6. The third-order valence-corrected chi connectivity index (χ3v) is 3.91. The van der Waals surface area contributed by atoms with E-state index in [1.807, 2.05) is 18.2 Å². The fourth-order valence-electron chi connectivity index (χ4n) is 2.14. The van der Waals surface area contributed by atoms with Crippen LogP contribution in [0.1, 0.15) is 36.8 Å². The summed E-state index contributed by atoms with van der Waals surface area (Å²) in [5.41, 5.74) is 2.30. The lowest BCUT2D eigenvalue weighted by Gasteiger charge is -2.11. The molecule has 0 saturated heterocycles. The molecule has 3 nitrogen and oxygen atoms in total. The Morgan fingerprint density at radius 1 is 1.26 bits per heavy atom. The molecule has 0 aliphatic rings. The average Bonchev–Trinajstić information content (AvgIpc) is 2.78. The highest BCUT2D eigenvalue weighted by atomic mass is 32.2. The highest BCUT2D eigenvalue weighted by Gasteiger charge is 2.18. The molecular formula is C15H20N2OS. The molecule has 0 unspecified atom stereocenters. The lowest BCUT2D eigenvalue weighted by Crippen LogP contribution is -2.06. The topological polar surface area (TPSA) is 38.1 Å². The van der Waals surface area contributed by atoms with Crippen molar-refractivity contribution in [1.82, 2.24) is 9.55 Å². The zero-order valence-corrected chi connectivity index (χ0v) is 12.4. The van der Waals surface area contributed by atoms with Gasteiger partial charge in [-0.2, -0.15) is 0 Å². The van der Waals surface area contributed by atoms with Crippen LogP contribution in [0.5, 0.6) is 0 Å². The lowest BCUT2D eigenvalue weighted by atomic mass is 10.1. The van der Waals surface area contributed by atoms with Gasteiger partial charge in [0, 0.05) is 6.54 Å². The van der Waals surface area contributed by atoms with Crippen molar-refractivity contribution in [3.8, 4) is 0 Å². The Kier molecular flexibility index (Phi) is 4.66. The summed E-state index contributed by atoms with van der Waals surface area (Å²) < 4.78 is 2.12. The Labute approximate surface area is 118 Å². The molecule has 0 aliphatic heterocycles. The first-order valence-electron chi connectivity index (χ1n) is 6.45. The maximum absolute atomic E-state index is 9.52. The van der Waals surface area contributed by atoms with E-state index in [9.17, 15) is 5.11 Å². The van der Waals surface area contributed by atoms with Crippen LogP contribution in [-0.2, 0) is 13.2 Å². The second-order valence-electron chi connectivity index (χ2n) is 4.81. The van der Waals surface area contributed by atoms with Gasteiger partial charge < -0.3 is 9.67 Å². The van der Waals surface area contributed by atoms with Crippen molar-refractivity contribution in [3.05, 3.63) is 47.4 Å². The minimum absolute atomic E-state index is 0.0207. The molecule has 0 aliphatic carbocycles. The van der Waals surface area contributed by atoms with Crippen LogP contribution in [0.3, 0.4) is 0 Å². The zero-order chi connectivity index (χ0) is 13.8. The quantitative estimate of drug-likeness (QED) is 0.852. The molecule has 2 aromatic rings. The molecule has 1 N–H and O–H groups in total. The van der Waals surface area contributed by atoms with E-state index >= 15 is 0 Å². The lowest BCUT2D eigenvalue weighted by molar-refractivity contribution is 0.265. The van der Waals surface area contributed by atoms with E-state index in [-0.39, 0.29) is 6.61 Å². The van der Waals surface area contributed by atoms with Crippen LogP contribution >= 0.6 is 11.8 Å². The van der Waals surface area contributed by atoms with Crippen molar-refractivity contribution in [2.45, 2.75) is 37.9 Å². The highest BCUT2D eigenvalue weighted by Crippen LogP contribution is 2.28. The van der Waals surface area contributed by atoms with Crippen LogP contribution < -0.4 is 0 Å². The molecule has 0 atom stereocenters. The number of hydrogen-bond acceptors (Lipinski definition) is 3. The van der Waals surface area contributed by atoms with Gasteiger partial charge in [0.25, 0.3) is 0 Å². The summed E-state index contributed by atoms with van der Waals surface area (Å²) in [7, 11) is 0. The third kappa shape index (κ3) is 3.01. The van der Waals surface area contributed by atoms with E-state index in [2.05, 4.69) is 41.8 Å². The maximum Gasteiger partial charge on any atom is 0.136 e. The van der Waals surface area contributed by atoms with Gasteiger partial charge in [0.1, 0.15) is 12.4 Å². The van der Waals surface area contributed by atoms with E-state index in [0.29, 0.717) is 5.92 Å². The maximum atomic E-state index is 9.52. The smallest absolute Gasteiger partial charge is 0.136 e. The van der Waals surface area contributed by atoms with Crippen LogP contribution in [-0.4, -0.2) is 20.9 Å². The van der Waals surface area contributed by atoms with E-state index in [1.165, 1.54) is 5.56 Å². The largest absolute Gasteiger partial charge is 0.388 e. The summed E-state index contributed by atoms with van der Waals surface area (Å²) >= 11 is 1.70. The Balaban J connectivity index is 2.43. The Morgan fingerprint density at radius 3 is 2.47 bits per heavy atom. The first-order valence-corrected chi connectivity index (χ1v) is 7.68. The molecule has 102 valence electrons. The van der Waals surface area contributed by atoms with Gasteiger partial charge in [-0.1, -0.05) is 44.2 Å². The summed E-state index contributed by atoms with van der Waals surface area (Å²) in [6.45, 7) is 5.01. The number of nitrogens with zero attached hydrogens (tertiary/aromatic N) is 2. The molecule has 0 fully saturated rings. The van der Waals surface area contributed by atoms with Gasteiger partial charge in [-0.3, -0.25) is 0 Å². The summed E-state index contributed by atoms with van der Waals surface area (Å²) in [5, 5.41) is 10.7. The number of imidazole rings is 1. The number of aliphatic hydroxyl groups is 1. The number of rotatable bonds is 5. The van der Waals surface area contributed by atoms with Gasteiger partial charge in [-0.25, -0.2) is 4.98 Å². The van der Waals surface area contributed by atoms with Crippen LogP contribution in [0, 0.1) is 0 Å². The van der Waals surface area contributed by atoms with Crippen LogP contribution in [0.4, 0.5) is 0 Å². The minimum atomic E-state index is -0.0207. The molecule has 0 radical (unpaired) electrons. The molecule has 4 heteroatoms. The molecule has 19 heavy (non-hydrogen) atoms. The van der Waals surface area contributed by atoms with E-state index in [0.717, 1.165) is 23.1 Å². The third-order valence-electron chi connectivity index (χ3n) is 3.09. The van der Waals surface area contributed by atoms with Crippen molar-refractivity contribution in [2.75, 3.05) is 6.26 Å². The Bertz CT molecular complexity index is 535. The second-order valence-corrected chi connectivity index (χ2v) is 5.60. The van der Waals surface area contributed by atoms with Crippen LogP contribution in [0.15, 0.2) is 35.4 Å². The van der Waals surface area contributed by atoms with Gasteiger partial charge in [0.15, 0.2) is 0 Å². The van der Waals surface area contributed by atoms with Gasteiger partial charge >= 0.3 is 0 Å². The summed E-state index contributed by atoms with van der Waals surface area (Å²) in [6.07, 6.45) is 2.06. The molecular weight excluding hydrogens is 256 g/mol. The minimum Gasteiger partial charge on any atom is -0.388 e. The van der Waals surface area contributed by atoms with Crippen molar-refractivity contribution in [2.24, 2.45) is 0 Å². The van der Waals surface area contributed by atoms with Crippen molar-refractivity contribution in [1.29, 1.82) is 0 Å². The molecule has 0 amide bonds. The molecule has 0 saturated carbocycles. The molecule has 1 heterocycles. The summed E-state index contributed by atoms with van der Waals surface area (Å²) in [6, 6.07) is 10.3. The van der Waals surface area contributed by atoms with Gasteiger partial charge in [-0.05, 0) is 17.7 Å². The van der Waals surface area contributed by atoms with Gasteiger partial charge in [0.05, 0.1) is 10.7 Å². The summed E-state index contributed by atoms with van der Waals surface area (Å²) in [5.74, 6) is 1.11. The second kappa shape index (κ2) is 6.26. The van der Waals surface area contributed by atoms with E-state index in [4.69, 9.17) is 0 Å². The Hall–Kier alpha value is -1.26. The first-order chi connectivity index (χ1) is 9.17. The van der Waals surface area contributed by atoms with E-state index < -0.39 is 0 Å². The number of aromatic nitrogens is 2. The standard InChI is InChI=1S/C15H20N2OS/c1-11(2)14-15(19-3)17(13(10-18)16-14)9-12-7-5-4-6-8-12/h4-8,11,18H,9-10H2,1-3H3. The number of thioether (sulfide) groups is 1. The number of aliphatic hydroxyl groups excluding tert-OH is 1. The van der Waals surface area contributed by atoms with Crippen molar-refractivity contribution >= 4 is 11.8 Å². The summed E-state index contributed by atoms with van der Waals surface area (Å²) in [4.78, 5) is 4.59. The number of benzene rings is 1. The fraction of sp³-hybridized carbons (Fsp3) is 0.400. The SMILES string of the molecule is CSc1c(C(C)C)nc(CO)n1Cc1ccccc1. The molecule has 0 bridgehead atoms. The first kappa shape index (κ1) is 14.2. The molecule has 2 rings (SSSR count). The fourth-order valence-corrected chi connectivity index (χ4v) is 3.02. The predicted molar refractivity (Wildman–Crippen MR) is 79.6 cm³/mol. The van der Waals surface area contributed by atoms with Gasteiger partial charge in [-0.15, -0.1) is 11.8 Å². The highest BCUT2D eigenvalue weighted by molar-refractivity contribution is 7.98. The van der Waals surface area contributed by atoms with Gasteiger partial charge in [0.2, 0.25) is 0 Å². The van der Waals surface area contributed by atoms with Crippen molar-refractivity contribution < 1.29 is 5.11 Å². The normalized spacial score (nSPS) is 11.2.